The maximum atomic E-state index is 12.7. The van der Waals surface area contributed by atoms with Gasteiger partial charge in [-0.15, -0.1) is 0 Å². The van der Waals surface area contributed by atoms with Gasteiger partial charge in [0.15, 0.2) is 5.13 Å². The van der Waals surface area contributed by atoms with Crippen LogP contribution in [0.2, 0.25) is 0 Å². The van der Waals surface area contributed by atoms with Crippen LogP contribution < -0.4 is 4.90 Å². The molecule has 0 aliphatic carbocycles. The van der Waals surface area contributed by atoms with Crippen LogP contribution in [0.4, 0.5) is 5.13 Å². The van der Waals surface area contributed by atoms with Crippen molar-refractivity contribution >= 4 is 32.6 Å². The van der Waals surface area contributed by atoms with Crippen molar-refractivity contribution in [2.45, 2.75) is 26.8 Å². The first-order valence-electron chi connectivity index (χ1n) is 8.98. The van der Waals surface area contributed by atoms with Gasteiger partial charge in [-0.3, -0.25) is 9.48 Å². The van der Waals surface area contributed by atoms with Gasteiger partial charge in [-0.05, 0) is 44.5 Å². The maximum absolute atomic E-state index is 12.7. The monoisotopic (exact) mass is 369 g/mol. The summed E-state index contributed by atoms with van der Waals surface area (Å²) in [5.74, 6) is 0.0176. The van der Waals surface area contributed by atoms with Crippen molar-refractivity contribution in [3.05, 3.63) is 41.7 Å². The number of hydrogen-bond acceptors (Lipinski definition) is 5. The van der Waals surface area contributed by atoms with E-state index in [4.69, 9.17) is 4.98 Å². The molecule has 0 radical (unpaired) electrons. The molecule has 1 amide bonds. The second-order valence-electron chi connectivity index (χ2n) is 7.02. The Morgan fingerprint density at radius 2 is 1.92 bits per heavy atom. The molecule has 4 rings (SSSR count). The average molecular weight is 369 g/mol. The van der Waals surface area contributed by atoms with Crippen molar-refractivity contribution in [1.29, 1.82) is 0 Å². The molecule has 3 heterocycles. The zero-order valence-electron chi connectivity index (χ0n) is 15.3. The molecule has 7 heteroatoms. The molecule has 136 valence electrons. The second kappa shape index (κ2) is 6.72. The lowest BCUT2D eigenvalue weighted by Gasteiger charge is -2.34. The van der Waals surface area contributed by atoms with Crippen LogP contribution in [0.5, 0.6) is 0 Å². The first kappa shape index (κ1) is 17.0. The minimum atomic E-state index is 0.0176. The molecule has 0 unspecified atom stereocenters. The third kappa shape index (κ3) is 3.19. The van der Waals surface area contributed by atoms with Crippen molar-refractivity contribution in [2.24, 2.45) is 0 Å². The van der Waals surface area contributed by atoms with Crippen LogP contribution in [0, 0.1) is 6.92 Å². The number of fused-ring (bicyclic) bond motifs is 1. The molecule has 0 bridgehead atoms. The standard InChI is InChI=1S/C19H23N5OS/c1-13(2)24-7-6-16(21-24)18(25)22-8-10-23(11-9-22)19-20-15-5-4-14(3)12-17(15)26-19/h4-7,12-13H,8-11H2,1-3H3. The molecule has 1 saturated heterocycles. The minimum Gasteiger partial charge on any atom is -0.345 e. The van der Waals surface area contributed by atoms with Crippen LogP contribution in [-0.2, 0) is 0 Å². The third-order valence-electron chi connectivity index (χ3n) is 4.73. The number of carbonyl (C=O) groups is 1. The van der Waals surface area contributed by atoms with Gasteiger partial charge in [-0.2, -0.15) is 5.10 Å². The molecule has 6 nitrogen and oxygen atoms in total. The van der Waals surface area contributed by atoms with Crippen LogP contribution in [0.25, 0.3) is 10.2 Å². The van der Waals surface area contributed by atoms with Gasteiger partial charge in [0.2, 0.25) is 0 Å². The lowest BCUT2D eigenvalue weighted by molar-refractivity contribution is 0.0739. The normalized spacial score (nSPS) is 15.2. The summed E-state index contributed by atoms with van der Waals surface area (Å²) < 4.78 is 3.05. The maximum Gasteiger partial charge on any atom is 0.274 e. The van der Waals surface area contributed by atoms with Crippen molar-refractivity contribution in [2.75, 3.05) is 31.1 Å². The number of benzene rings is 1. The van der Waals surface area contributed by atoms with Gasteiger partial charge in [-0.1, -0.05) is 17.4 Å². The molecule has 3 aromatic rings. The molecule has 1 fully saturated rings. The van der Waals surface area contributed by atoms with Gasteiger partial charge in [0.05, 0.1) is 10.2 Å². The van der Waals surface area contributed by atoms with Crippen molar-refractivity contribution in [3.63, 3.8) is 0 Å². The average Bonchev–Trinajstić information content (AvgIpc) is 3.28. The number of nitrogens with zero attached hydrogens (tertiary/aromatic N) is 5. The number of piperazine rings is 1. The molecule has 1 aliphatic rings. The highest BCUT2D eigenvalue weighted by Gasteiger charge is 2.25. The Morgan fingerprint density at radius 1 is 1.15 bits per heavy atom. The fourth-order valence-corrected chi connectivity index (χ4v) is 4.27. The Balaban J connectivity index is 1.43. The van der Waals surface area contributed by atoms with E-state index in [0.717, 1.165) is 23.7 Å². The van der Waals surface area contributed by atoms with Crippen molar-refractivity contribution < 1.29 is 4.79 Å². The van der Waals surface area contributed by atoms with Crippen LogP contribution in [0.3, 0.4) is 0 Å². The molecule has 0 saturated carbocycles. The first-order valence-corrected chi connectivity index (χ1v) is 9.79. The summed E-state index contributed by atoms with van der Waals surface area (Å²) in [6.07, 6.45) is 1.87. The van der Waals surface area contributed by atoms with E-state index in [1.54, 1.807) is 11.3 Å². The van der Waals surface area contributed by atoms with Gasteiger partial charge in [0, 0.05) is 38.4 Å². The number of aryl methyl sites for hydroxylation is 1. The van der Waals surface area contributed by atoms with Crippen LogP contribution in [0.15, 0.2) is 30.5 Å². The van der Waals surface area contributed by atoms with Crippen LogP contribution >= 0.6 is 11.3 Å². The number of hydrogen-bond donors (Lipinski definition) is 0. The number of carbonyl (C=O) groups excluding carboxylic acids is 1. The first-order chi connectivity index (χ1) is 12.5. The zero-order chi connectivity index (χ0) is 18.3. The molecule has 0 spiro atoms. The van der Waals surface area contributed by atoms with Gasteiger partial charge in [-0.25, -0.2) is 4.98 Å². The third-order valence-corrected chi connectivity index (χ3v) is 5.81. The summed E-state index contributed by atoms with van der Waals surface area (Å²) in [5, 5.41) is 5.44. The van der Waals surface area contributed by atoms with Gasteiger partial charge >= 0.3 is 0 Å². The Hall–Kier alpha value is -2.41. The van der Waals surface area contributed by atoms with Crippen LogP contribution in [0.1, 0.15) is 35.9 Å². The Bertz CT molecular complexity index is 936. The quantitative estimate of drug-likeness (QED) is 0.710. The molecule has 0 atom stereocenters. The summed E-state index contributed by atoms with van der Waals surface area (Å²) in [6, 6.07) is 8.43. The number of thiazole rings is 1. The van der Waals surface area contributed by atoms with Gasteiger partial charge < -0.3 is 9.80 Å². The van der Waals surface area contributed by atoms with Gasteiger partial charge in [0.1, 0.15) is 5.69 Å². The molecule has 2 aromatic heterocycles. The highest BCUT2D eigenvalue weighted by Crippen LogP contribution is 2.30. The minimum absolute atomic E-state index is 0.0176. The summed E-state index contributed by atoms with van der Waals surface area (Å²) >= 11 is 1.73. The number of anilines is 1. The van der Waals surface area contributed by atoms with Gasteiger partial charge in [0.25, 0.3) is 5.91 Å². The van der Waals surface area contributed by atoms with E-state index < -0.39 is 0 Å². The summed E-state index contributed by atoms with van der Waals surface area (Å²) in [6.45, 7) is 9.21. The summed E-state index contributed by atoms with van der Waals surface area (Å²) in [5.41, 5.74) is 2.83. The Kier molecular flexibility index (Phi) is 4.40. The topological polar surface area (TPSA) is 54.3 Å². The lowest BCUT2D eigenvalue weighted by atomic mass is 10.2. The molecular formula is C19H23N5OS. The highest BCUT2D eigenvalue weighted by molar-refractivity contribution is 7.22. The SMILES string of the molecule is Cc1ccc2nc(N3CCN(C(=O)c4ccn(C(C)C)n4)CC3)sc2c1. The highest BCUT2D eigenvalue weighted by atomic mass is 32.1. The summed E-state index contributed by atoms with van der Waals surface area (Å²) in [4.78, 5) is 21.6. The lowest BCUT2D eigenvalue weighted by Crippen LogP contribution is -2.48. The van der Waals surface area contributed by atoms with E-state index in [2.05, 4.69) is 49.0 Å². The van der Waals surface area contributed by atoms with E-state index in [-0.39, 0.29) is 11.9 Å². The summed E-state index contributed by atoms with van der Waals surface area (Å²) in [7, 11) is 0. The number of rotatable bonds is 3. The van der Waals surface area contributed by atoms with E-state index in [0.29, 0.717) is 18.8 Å². The van der Waals surface area contributed by atoms with E-state index in [1.807, 2.05) is 21.8 Å². The van der Waals surface area contributed by atoms with E-state index >= 15 is 0 Å². The molecule has 0 N–H and O–H groups in total. The van der Waals surface area contributed by atoms with Crippen molar-refractivity contribution in [3.8, 4) is 0 Å². The number of aromatic nitrogens is 3. The Morgan fingerprint density at radius 3 is 2.62 bits per heavy atom. The number of amides is 1. The Labute approximate surface area is 157 Å². The predicted molar refractivity (Wildman–Crippen MR) is 105 cm³/mol. The smallest absolute Gasteiger partial charge is 0.274 e. The molecule has 1 aromatic carbocycles. The fraction of sp³-hybridized carbons (Fsp3) is 0.421. The largest absolute Gasteiger partial charge is 0.345 e. The van der Waals surface area contributed by atoms with E-state index in [1.165, 1.54) is 10.3 Å². The molecule has 26 heavy (non-hydrogen) atoms. The van der Waals surface area contributed by atoms with E-state index in [9.17, 15) is 4.79 Å². The zero-order valence-corrected chi connectivity index (χ0v) is 16.2. The fourth-order valence-electron chi connectivity index (χ4n) is 3.16. The molecular weight excluding hydrogens is 346 g/mol. The predicted octanol–water partition coefficient (Wildman–Crippen LogP) is 3.34. The van der Waals surface area contributed by atoms with Crippen molar-refractivity contribution in [1.82, 2.24) is 19.7 Å². The van der Waals surface area contributed by atoms with Crippen LogP contribution in [-0.4, -0.2) is 51.8 Å². The second-order valence-corrected chi connectivity index (χ2v) is 8.03. The molecule has 1 aliphatic heterocycles.